The van der Waals surface area contributed by atoms with E-state index in [0.717, 1.165) is 12.1 Å². The average molecular weight is 332 g/mol. The first-order valence-corrected chi connectivity index (χ1v) is 6.89. The lowest BCUT2D eigenvalue weighted by Gasteiger charge is -2.06. The van der Waals surface area contributed by atoms with E-state index in [1.54, 1.807) is 30.3 Å². The zero-order valence-corrected chi connectivity index (χ0v) is 12.2. The molecule has 0 aliphatic rings. The van der Waals surface area contributed by atoms with Gasteiger partial charge in [-0.15, -0.1) is 0 Å². The Morgan fingerprint density at radius 3 is 2.08 bits per heavy atom. The first-order chi connectivity index (χ1) is 11.3. The number of halogens is 3. The minimum atomic E-state index is -4.38. The second-order valence-corrected chi connectivity index (χ2v) is 5.09. The highest BCUT2D eigenvalue weighted by atomic mass is 19.4. The van der Waals surface area contributed by atoms with Crippen LogP contribution in [0.3, 0.4) is 0 Å². The lowest BCUT2D eigenvalue weighted by Crippen LogP contribution is -2.10. The third-order valence-electron chi connectivity index (χ3n) is 3.47. The predicted molar refractivity (Wildman–Crippen MR) is 80.9 cm³/mol. The van der Waals surface area contributed by atoms with E-state index in [0.29, 0.717) is 28.1 Å². The summed E-state index contributed by atoms with van der Waals surface area (Å²) in [6.45, 7) is 0. The molecule has 122 valence electrons. The lowest BCUT2D eigenvalue weighted by atomic mass is 10.1. The van der Waals surface area contributed by atoms with Gasteiger partial charge in [-0.1, -0.05) is 29.4 Å². The van der Waals surface area contributed by atoms with Crippen LogP contribution in [0.5, 0.6) is 0 Å². The van der Waals surface area contributed by atoms with E-state index in [4.69, 9.17) is 10.3 Å². The number of primary amides is 1. The maximum absolute atomic E-state index is 12.6. The number of carbonyl (C=O) groups excluding carboxylic acids is 1. The Labute approximate surface area is 134 Å². The summed E-state index contributed by atoms with van der Waals surface area (Å²) >= 11 is 0. The molecule has 0 aliphatic carbocycles. The minimum Gasteiger partial charge on any atom is -0.366 e. The molecular formula is C17H11F3N2O2. The zero-order chi connectivity index (χ0) is 17.3. The first-order valence-electron chi connectivity index (χ1n) is 6.89. The van der Waals surface area contributed by atoms with Crippen LogP contribution in [0, 0.1) is 0 Å². The van der Waals surface area contributed by atoms with Crippen molar-refractivity contribution in [3.63, 3.8) is 0 Å². The third-order valence-corrected chi connectivity index (χ3v) is 3.47. The smallest absolute Gasteiger partial charge is 0.366 e. The van der Waals surface area contributed by atoms with E-state index in [-0.39, 0.29) is 0 Å². The molecule has 0 atom stereocenters. The molecule has 2 aromatic carbocycles. The van der Waals surface area contributed by atoms with Crippen LogP contribution in [0.25, 0.3) is 22.6 Å². The highest BCUT2D eigenvalue weighted by Gasteiger charge is 2.30. The molecule has 2 N–H and O–H groups in total. The Balaban J connectivity index is 1.86. The number of alkyl halides is 3. The summed E-state index contributed by atoms with van der Waals surface area (Å²) in [5.74, 6) is -0.190. The largest absolute Gasteiger partial charge is 0.416 e. The molecule has 0 saturated heterocycles. The SMILES string of the molecule is NC(=O)c1ccc(-c2cc(-c3ccc(C(F)(F)F)cc3)on2)cc1. The summed E-state index contributed by atoms with van der Waals surface area (Å²) in [5.41, 5.74) is 6.49. The van der Waals surface area contributed by atoms with Crippen LogP contribution >= 0.6 is 0 Å². The molecule has 0 unspecified atom stereocenters. The number of hydrogen-bond donors (Lipinski definition) is 1. The molecule has 1 aromatic heterocycles. The van der Waals surface area contributed by atoms with Crippen LogP contribution in [-0.4, -0.2) is 11.1 Å². The molecule has 0 saturated carbocycles. The van der Waals surface area contributed by atoms with Gasteiger partial charge in [0.05, 0.1) is 5.56 Å². The van der Waals surface area contributed by atoms with Crippen LogP contribution in [0.4, 0.5) is 13.2 Å². The molecule has 1 heterocycles. The van der Waals surface area contributed by atoms with Crippen molar-refractivity contribution in [1.29, 1.82) is 0 Å². The fourth-order valence-corrected chi connectivity index (χ4v) is 2.18. The molecule has 0 bridgehead atoms. The second-order valence-electron chi connectivity index (χ2n) is 5.09. The maximum atomic E-state index is 12.6. The van der Waals surface area contributed by atoms with Gasteiger partial charge in [-0.3, -0.25) is 4.79 Å². The topological polar surface area (TPSA) is 69.1 Å². The fraction of sp³-hybridized carbons (Fsp3) is 0.0588. The zero-order valence-electron chi connectivity index (χ0n) is 12.2. The predicted octanol–water partition coefficient (Wildman–Crippen LogP) is 4.13. The number of rotatable bonds is 3. The first kappa shape index (κ1) is 15.8. The van der Waals surface area contributed by atoms with Crippen LogP contribution in [0.1, 0.15) is 15.9 Å². The number of carbonyl (C=O) groups is 1. The normalized spacial score (nSPS) is 11.5. The van der Waals surface area contributed by atoms with Crippen molar-refractivity contribution in [3.05, 3.63) is 65.7 Å². The van der Waals surface area contributed by atoms with Gasteiger partial charge in [0, 0.05) is 22.8 Å². The van der Waals surface area contributed by atoms with E-state index in [2.05, 4.69) is 5.16 Å². The molecular weight excluding hydrogens is 321 g/mol. The Hall–Kier alpha value is -3.09. The van der Waals surface area contributed by atoms with Crippen molar-refractivity contribution in [2.75, 3.05) is 0 Å². The van der Waals surface area contributed by atoms with E-state index in [1.807, 2.05) is 0 Å². The number of amides is 1. The minimum absolute atomic E-state index is 0.345. The number of aromatic nitrogens is 1. The molecule has 4 nitrogen and oxygen atoms in total. The molecule has 0 radical (unpaired) electrons. The Bertz CT molecular complexity index is 866. The van der Waals surface area contributed by atoms with Crippen molar-refractivity contribution < 1.29 is 22.5 Å². The Morgan fingerprint density at radius 1 is 0.958 bits per heavy atom. The van der Waals surface area contributed by atoms with Crippen molar-refractivity contribution in [2.45, 2.75) is 6.18 Å². The summed E-state index contributed by atoms with van der Waals surface area (Å²) in [6.07, 6.45) is -4.38. The highest BCUT2D eigenvalue weighted by Crippen LogP contribution is 2.32. The van der Waals surface area contributed by atoms with Gasteiger partial charge in [-0.2, -0.15) is 13.2 Å². The maximum Gasteiger partial charge on any atom is 0.416 e. The van der Waals surface area contributed by atoms with Gasteiger partial charge in [0.25, 0.3) is 0 Å². The molecule has 3 aromatic rings. The van der Waals surface area contributed by atoms with Crippen LogP contribution in [0.15, 0.2) is 59.1 Å². The lowest BCUT2D eigenvalue weighted by molar-refractivity contribution is -0.137. The molecule has 0 fully saturated rings. The molecule has 7 heteroatoms. The van der Waals surface area contributed by atoms with Crippen molar-refractivity contribution in [1.82, 2.24) is 5.16 Å². The highest BCUT2D eigenvalue weighted by molar-refractivity contribution is 5.93. The van der Waals surface area contributed by atoms with E-state index < -0.39 is 17.6 Å². The molecule has 0 aliphatic heterocycles. The quantitative estimate of drug-likeness (QED) is 0.784. The number of benzene rings is 2. The molecule has 24 heavy (non-hydrogen) atoms. The summed E-state index contributed by atoms with van der Waals surface area (Å²) in [7, 11) is 0. The standard InChI is InChI=1S/C17H11F3N2O2/c18-17(19,20)13-7-5-11(6-8-13)15-9-14(22-24-15)10-1-3-12(4-2-10)16(21)23/h1-9H,(H2,21,23). The molecule has 0 spiro atoms. The monoisotopic (exact) mass is 332 g/mol. The van der Waals surface area contributed by atoms with Crippen molar-refractivity contribution >= 4 is 5.91 Å². The van der Waals surface area contributed by atoms with E-state index in [1.165, 1.54) is 12.1 Å². The number of nitrogens with two attached hydrogens (primary N) is 1. The summed E-state index contributed by atoms with van der Waals surface area (Å²) in [6, 6.07) is 12.7. The average Bonchev–Trinajstić information content (AvgIpc) is 3.04. The van der Waals surface area contributed by atoms with Gasteiger partial charge >= 0.3 is 6.18 Å². The van der Waals surface area contributed by atoms with Gasteiger partial charge in [0.2, 0.25) is 5.91 Å². The summed E-state index contributed by atoms with van der Waals surface area (Å²) < 4.78 is 42.9. The molecule has 1 amide bonds. The summed E-state index contributed by atoms with van der Waals surface area (Å²) in [5, 5.41) is 3.90. The van der Waals surface area contributed by atoms with Crippen LogP contribution in [-0.2, 0) is 6.18 Å². The van der Waals surface area contributed by atoms with Gasteiger partial charge in [0.15, 0.2) is 5.76 Å². The van der Waals surface area contributed by atoms with Crippen LogP contribution < -0.4 is 5.73 Å². The number of nitrogens with zero attached hydrogens (tertiary/aromatic N) is 1. The van der Waals surface area contributed by atoms with Crippen molar-refractivity contribution in [2.24, 2.45) is 5.73 Å². The Morgan fingerprint density at radius 2 is 1.54 bits per heavy atom. The van der Waals surface area contributed by atoms with Crippen molar-refractivity contribution in [3.8, 4) is 22.6 Å². The number of hydrogen-bond acceptors (Lipinski definition) is 3. The molecule has 3 rings (SSSR count). The third kappa shape index (κ3) is 3.15. The second kappa shape index (κ2) is 5.84. The van der Waals surface area contributed by atoms with E-state index >= 15 is 0 Å². The van der Waals surface area contributed by atoms with Gasteiger partial charge in [-0.05, 0) is 24.3 Å². The Kier molecular flexibility index (Phi) is 3.84. The van der Waals surface area contributed by atoms with Gasteiger partial charge in [-0.25, -0.2) is 0 Å². The van der Waals surface area contributed by atoms with Gasteiger partial charge in [0.1, 0.15) is 5.69 Å². The summed E-state index contributed by atoms with van der Waals surface area (Å²) in [4.78, 5) is 11.0. The fourth-order valence-electron chi connectivity index (χ4n) is 2.18. The van der Waals surface area contributed by atoms with Crippen LogP contribution in [0.2, 0.25) is 0 Å². The van der Waals surface area contributed by atoms with E-state index in [9.17, 15) is 18.0 Å². The van der Waals surface area contributed by atoms with Gasteiger partial charge < -0.3 is 10.3 Å².